The van der Waals surface area contributed by atoms with Crippen LogP contribution in [0.1, 0.15) is 54.4 Å². The van der Waals surface area contributed by atoms with Gasteiger partial charge in [0.05, 0.1) is 23.7 Å². The molecule has 0 aliphatic heterocycles. The van der Waals surface area contributed by atoms with E-state index in [1.54, 1.807) is 18.2 Å². The van der Waals surface area contributed by atoms with Crippen LogP contribution in [0.5, 0.6) is 5.75 Å². The average Bonchev–Trinajstić information content (AvgIpc) is 2.93. The number of anilines is 2. The Labute approximate surface area is 223 Å². The molecule has 194 valence electrons. The molecule has 1 aliphatic rings. The molecule has 0 bridgehead atoms. The molecule has 0 unspecified atom stereocenters. The minimum Gasteiger partial charge on any atom is -0.494 e. The van der Waals surface area contributed by atoms with Crippen LogP contribution in [0.25, 0.3) is 0 Å². The van der Waals surface area contributed by atoms with E-state index in [1.807, 2.05) is 42.5 Å². The van der Waals surface area contributed by atoms with Crippen molar-refractivity contribution in [1.29, 1.82) is 0 Å². The highest BCUT2D eigenvalue weighted by Crippen LogP contribution is 2.23. The van der Waals surface area contributed by atoms with Gasteiger partial charge in [-0.3, -0.25) is 9.59 Å². The molecule has 1 saturated carbocycles. The van der Waals surface area contributed by atoms with Gasteiger partial charge in [0, 0.05) is 17.4 Å². The maximum atomic E-state index is 12.7. The smallest absolute Gasteiger partial charge is 0.253 e. The van der Waals surface area contributed by atoms with Crippen molar-refractivity contribution in [3.8, 4) is 5.75 Å². The van der Waals surface area contributed by atoms with E-state index in [9.17, 15) is 9.59 Å². The Hall–Kier alpha value is -3.51. The second-order valence-corrected chi connectivity index (χ2v) is 9.77. The molecule has 0 saturated heterocycles. The van der Waals surface area contributed by atoms with E-state index in [4.69, 9.17) is 16.3 Å². The molecule has 3 aromatic carbocycles. The Morgan fingerprint density at radius 1 is 0.892 bits per heavy atom. The predicted octanol–water partition coefficient (Wildman–Crippen LogP) is 6.46. The van der Waals surface area contributed by atoms with Gasteiger partial charge in [0.15, 0.2) is 0 Å². The number of rotatable bonds is 11. The Morgan fingerprint density at radius 3 is 2.38 bits per heavy atom. The fourth-order valence-electron chi connectivity index (χ4n) is 4.45. The fourth-order valence-corrected chi connectivity index (χ4v) is 4.66. The number of amides is 2. The maximum Gasteiger partial charge on any atom is 0.253 e. The van der Waals surface area contributed by atoms with Crippen LogP contribution in [0.4, 0.5) is 11.4 Å². The van der Waals surface area contributed by atoms with Gasteiger partial charge in [-0.1, -0.05) is 61.2 Å². The third kappa shape index (κ3) is 8.53. The van der Waals surface area contributed by atoms with Crippen molar-refractivity contribution in [3.05, 3.63) is 88.9 Å². The van der Waals surface area contributed by atoms with Crippen LogP contribution in [0.2, 0.25) is 5.02 Å². The van der Waals surface area contributed by atoms with Crippen molar-refractivity contribution in [2.45, 2.75) is 51.0 Å². The second kappa shape index (κ2) is 13.7. The van der Waals surface area contributed by atoms with Gasteiger partial charge in [0.25, 0.3) is 5.91 Å². The Kier molecular flexibility index (Phi) is 9.83. The zero-order chi connectivity index (χ0) is 25.9. The van der Waals surface area contributed by atoms with Gasteiger partial charge >= 0.3 is 0 Å². The largest absolute Gasteiger partial charge is 0.494 e. The van der Waals surface area contributed by atoms with Crippen molar-refractivity contribution in [2.75, 3.05) is 23.8 Å². The molecule has 0 atom stereocenters. The van der Waals surface area contributed by atoms with Crippen molar-refractivity contribution in [2.24, 2.45) is 0 Å². The van der Waals surface area contributed by atoms with Crippen LogP contribution >= 0.6 is 11.6 Å². The maximum absolute atomic E-state index is 12.7. The first-order valence-electron chi connectivity index (χ1n) is 13.0. The molecular weight excluding hydrogens is 486 g/mol. The average molecular weight is 520 g/mol. The van der Waals surface area contributed by atoms with Gasteiger partial charge in [-0.05, 0) is 73.7 Å². The first-order valence-corrected chi connectivity index (χ1v) is 13.4. The zero-order valence-corrected chi connectivity index (χ0v) is 21.7. The van der Waals surface area contributed by atoms with Crippen molar-refractivity contribution in [3.63, 3.8) is 0 Å². The minimum absolute atomic E-state index is 0.0868. The molecule has 0 radical (unpaired) electrons. The summed E-state index contributed by atoms with van der Waals surface area (Å²) in [5.41, 5.74) is 3.03. The number of ether oxygens (including phenoxy) is 1. The number of carbonyl (C=O) groups excluding carboxylic acids is 2. The number of nitrogens with one attached hydrogen (secondary N) is 3. The van der Waals surface area contributed by atoms with Gasteiger partial charge in [-0.2, -0.15) is 0 Å². The summed E-state index contributed by atoms with van der Waals surface area (Å²) in [7, 11) is 0. The fraction of sp³-hybridized carbons (Fsp3) is 0.333. The summed E-state index contributed by atoms with van der Waals surface area (Å²) < 4.78 is 5.82. The van der Waals surface area contributed by atoms with E-state index in [0.29, 0.717) is 22.9 Å². The van der Waals surface area contributed by atoms with Gasteiger partial charge in [-0.25, -0.2) is 0 Å². The van der Waals surface area contributed by atoms with Crippen molar-refractivity contribution < 1.29 is 14.3 Å². The minimum atomic E-state index is -0.220. The van der Waals surface area contributed by atoms with Gasteiger partial charge in [-0.15, -0.1) is 0 Å². The molecule has 1 aliphatic carbocycles. The van der Waals surface area contributed by atoms with Crippen molar-refractivity contribution >= 4 is 34.8 Å². The summed E-state index contributed by atoms with van der Waals surface area (Å²) in [4.78, 5) is 25.2. The van der Waals surface area contributed by atoms with Crippen LogP contribution in [-0.2, 0) is 11.2 Å². The summed E-state index contributed by atoms with van der Waals surface area (Å²) in [5.74, 6) is 0.374. The van der Waals surface area contributed by atoms with E-state index < -0.39 is 0 Å². The third-order valence-corrected chi connectivity index (χ3v) is 6.79. The lowest BCUT2D eigenvalue weighted by Gasteiger charge is -2.23. The van der Waals surface area contributed by atoms with Crippen molar-refractivity contribution in [1.82, 2.24) is 5.32 Å². The number of hydrogen-bond donors (Lipinski definition) is 3. The van der Waals surface area contributed by atoms with E-state index >= 15 is 0 Å². The van der Waals surface area contributed by atoms with E-state index in [2.05, 4.69) is 28.1 Å². The Bertz CT molecular complexity index is 1160. The number of halogens is 1. The molecule has 0 spiro atoms. The highest BCUT2D eigenvalue weighted by atomic mass is 35.5. The highest BCUT2D eigenvalue weighted by molar-refractivity contribution is 6.34. The molecule has 2 amide bonds. The van der Waals surface area contributed by atoms with Gasteiger partial charge in [0.1, 0.15) is 5.75 Å². The highest BCUT2D eigenvalue weighted by Gasteiger charge is 2.19. The Morgan fingerprint density at radius 2 is 1.62 bits per heavy atom. The molecule has 3 N–H and O–H groups in total. The molecule has 6 nitrogen and oxygen atoms in total. The van der Waals surface area contributed by atoms with Gasteiger partial charge < -0.3 is 20.7 Å². The zero-order valence-electron chi connectivity index (χ0n) is 21.0. The summed E-state index contributed by atoms with van der Waals surface area (Å²) in [6.45, 7) is 0.731. The van der Waals surface area contributed by atoms with Crippen LogP contribution in [-0.4, -0.2) is 31.0 Å². The summed E-state index contributed by atoms with van der Waals surface area (Å²) in [6.07, 6.45) is 7.39. The van der Waals surface area contributed by atoms with E-state index in [1.165, 1.54) is 12.0 Å². The lowest BCUT2D eigenvalue weighted by molar-refractivity contribution is -0.114. The summed E-state index contributed by atoms with van der Waals surface area (Å²) >= 11 is 6.27. The molecule has 0 aromatic heterocycles. The lowest BCUT2D eigenvalue weighted by Crippen LogP contribution is -2.36. The molecule has 4 rings (SSSR count). The number of benzene rings is 3. The standard InChI is InChI=1S/C30H34ClN3O3/c31-28-18-15-25(20-27(28)30(36)34-24-11-5-2-6-12-24)33-29(35)21-32-23-13-16-26(17-14-23)37-19-7-10-22-8-3-1-4-9-22/h1,3-4,8-9,13-18,20,24,32H,2,5-7,10-12,19,21H2,(H,33,35)(H,34,36). The summed E-state index contributed by atoms with van der Waals surface area (Å²) in [5, 5.41) is 9.38. The molecule has 3 aromatic rings. The summed E-state index contributed by atoms with van der Waals surface area (Å²) in [6, 6.07) is 23.1. The first-order chi connectivity index (χ1) is 18.1. The normalized spacial score (nSPS) is 13.5. The second-order valence-electron chi connectivity index (χ2n) is 9.37. The topological polar surface area (TPSA) is 79.5 Å². The van der Waals surface area contributed by atoms with Crippen LogP contribution in [0.3, 0.4) is 0 Å². The molecular formula is C30H34ClN3O3. The van der Waals surface area contributed by atoms with Gasteiger partial charge in [0.2, 0.25) is 5.91 Å². The Balaban J connectivity index is 1.20. The molecule has 37 heavy (non-hydrogen) atoms. The SMILES string of the molecule is O=C(CNc1ccc(OCCCc2ccccc2)cc1)Nc1ccc(Cl)c(C(=O)NC2CCCCC2)c1. The number of aryl methyl sites for hydroxylation is 1. The molecule has 7 heteroatoms. The number of carbonyl (C=O) groups is 2. The lowest BCUT2D eigenvalue weighted by atomic mass is 9.95. The van der Waals surface area contributed by atoms with Crippen LogP contribution in [0.15, 0.2) is 72.8 Å². The van der Waals surface area contributed by atoms with E-state index in [0.717, 1.165) is 50.0 Å². The first kappa shape index (κ1) is 26.6. The quantitative estimate of drug-likeness (QED) is 0.254. The number of hydrogen-bond acceptors (Lipinski definition) is 4. The van der Waals surface area contributed by atoms with Crippen LogP contribution in [0, 0.1) is 0 Å². The molecule has 0 heterocycles. The van der Waals surface area contributed by atoms with Crippen LogP contribution < -0.4 is 20.7 Å². The predicted molar refractivity (Wildman–Crippen MR) is 150 cm³/mol. The monoisotopic (exact) mass is 519 g/mol. The molecule has 1 fully saturated rings. The van der Waals surface area contributed by atoms with E-state index in [-0.39, 0.29) is 24.4 Å². The third-order valence-electron chi connectivity index (χ3n) is 6.46.